The fraction of sp³-hybridized carbons (Fsp3) is 0.250. The number of aliphatic hydroxyl groups is 1. The molecule has 0 aliphatic heterocycles. The monoisotopic (exact) mass is 271 g/mol. The van der Waals surface area contributed by atoms with Crippen molar-refractivity contribution in [2.24, 2.45) is 0 Å². The third kappa shape index (κ3) is 2.70. The number of aromatic nitrogens is 1. The van der Waals surface area contributed by atoms with Gasteiger partial charge < -0.3 is 9.84 Å². The summed E-state index contributed by atoms with van der Waals surface area (Å²) in [5.74, 6) is -0.498. The predicted molar refractivity (Wildman–Crippen MR) is 76.4 cm³/mol. The van der Waals surface area contributed by atoms with Crippen LogP contribution >= 0.6 is 0 Å². The maximum absolute atomic E-state index is 11.8. The molecule has 0 aliphatic carbocycles. The highest BCUT2D eigenvalue weighted by atomic mass is 16.5. The molecule has 0 aliphatic rings. The molecule has 0 unspecified atom stereocenters. The van der Waals surface area contributed by atoms with Crippen LogP contribution < -0.4 is 0 Å². The molecule has 0 saturated heterocycles. The molecule has 2 rings (SSSR count). The van der Waals surface area contributed by atoms with Gasteiger partial charge in [-0.2, -0.15) is 0 Å². The molecule has 0 fully saturated rings. The average Bonchev–Trinajstić information content (AvgIpc) is 2.47. The van der Waals surface area contributed by atoms with E-state index in [-0.39, 0.29) is 5.69 Å². The first-order chi connectivity index (χ1) is 9.54. The Hall–Kier alpha value is -2.20. The van der Waals surface area contributed by atoms with Crippen LogP contribution in [0.2, 0.25) is 0 Å². The van der Waals surface area contributed by atoms with Gasteiger partial charge in [0.1, 0.15) is 0 Å². The van der Waals surface area contributed by atoms with Crippen molar-refractivity contribution < 1.29 is 14.6 Å². The van der Waals surface area contributed by atoms with Crippen LogP contribution in [0.25, 0.3) is 11.1 Å². The van der Waals surface area contributed by atoms with Gasteiger partial charge in [-0.25, -0.2) is 9.78 Å². The zero-order chi connectivity index (χ0) is 14.7. The Bertz CT molecular complexity index is 621. The molecule has 0 saturated carbocycles. The summed E-state index contributed by atoms with van der Waals surface area (Å²) in [4.78, 5) is 16.0. The van der Waals surface area contributed by atoms with Crippen LogP contribution in [0, 0.1) is 6.92 Å². The molecule has 104 valence electrons. The van der Waals surface area contributed by atoms with Crippen LogP contribution in [-0.2, 0) is 4.74 Å². The Morgan fingerprint density at radius 2 is 1.95 bits per heavy atom. The van der Waals surface area contributed by atoms with E-state index in [2.05, 4.69) is 4.98 Å². The molecule has 0 radical (unpaired) electrons. The first-order valence-electron chi connectivity index (χ1n) is 6.38. The Kier molecular flexibility index (Phi) is 4.15. The third-order valence-electron chi connectivity index (χ3n) is 3.18. The van der Waals surface area contributed by atoms with Crippen molar-refractivity contribution in [3.05, 3.63) is 53.3 Å². The van der Waals surface area contributed by atoms with E-state index in [0.29, 0.717) is 5.69 Å². The average molecular weight is 271 g/mol. The summed E-state index contributed by atoms with van der Waals surface area (Å²) in [6.45, 7) is 3.45. The van der Waals surface area contributed by atoms with E-state index in [0.717, 1.165) is 16.7 Å². The van der Waals surface area contributed by atoms with Gasteiger partial charge in [-0.15, -0.1) is 0 Å². The minimum Gasteiger partial charge on any atom is -0.464 e. The fourth-order valence-electron chi connectivity index (χ4n) is 2.06. The summed E-state index contributed by atoms with van der Waals surface area (Å²) < 4.78 is 4.76. The number of carbonyl (C=O) groups is 1. The van der Waals surface area contributed by atoms with Crippen molar-refractivity contribution in [1.29, 1.82) is 0 Å². The first-order valence-corrected chi connectivity index (χ1v) is 6.38. The summed E-state index contributed by atoms with van der Waals surface area (Å²) in [5, 5.41) is 9.75. The molecule has 1 N–H and O–H groups in total. The summed E-state index contributed by atoms with van der Waals surface area (Å²) in [5.41, 5.74) is 3.28. The third-order valence-corrected chi connectivity index (χ3v) is 3.18. The van der Waals surface area contributed by atoms with E-state index in [1.807, 2.05) is 43.3 Å². The molecule has 20 heavy (non-hydrogen) atoms. The Labute approximate surface area is 118 Å². The lowest BCUT2D eigenvalue weighted by atomic mass is 9.98. The van der Waals surface area contributed by atoms with Gasteiger partial charge in [-0.05, 0) is 36.6 Å². The number of hydrogen-bond acceptors (Lipinski definition) is 4. The van der Waals surface area contributed by atoms with Crippen LogP contribution in [-0.4, -0.2) is 23.2 Å². The summed E-state index contributed by atoms with van der Waals surface area (Å²) in [6, 6.07) is 11.5. The van der Waals surface area contributed by atoms with Gasteiger partial charge in [0, 0.05) is 0 Å². The van der Waals surface area contributed by atoms with Crippen LogP contribution in [0.4, 0.5) is 0 Å². The van der Waals surface area contributed by atoms with Crippen molar-refractivity contribution in [3.63, 3.8) is 0 Å². The van der Waals surface area contributed by atoms with Gasteiger partial charge in [0.2, 0.25) is 0 Å². The second-order valence-electron chi connectivity index (χ2n) is 4.60. The van der Waals surface area contributed by atoms with E-state index < -0.39 is 12.1 Å². The van der Waals surface area contributed by atoms with Gasteiger partial charge in [0.05, 0.1) is 18.9 Å². The molecule has 2 aromatic rings. The second kappa shape index (κ2) is 5.84. The van der Waals surface area contributed by atoms with E-state index in [4.69, 9.17) is 4.74 Å². The largest absolute Gasteiger partial charge is 0.464 e. The molecular weight excluding hydrogens is 254 g/mol. The number of rotatable bonds is 3. The standard InChI is InChI=1S/C16H17NO3/c1-10-13(12-7-5-4-6-8-12)9-14(11(2)18)17-15(10)16(19)20-3/h4-9,11,18H,1-3H3/t11-/m0/s1. The van der Waals surface area contributed by atoms with Crippen LogP contribution in [0.15, 0.2) is 36.4 Å². The maximum Gasteiger partial charge on any atom is 0.356 e. The van der Waals surface area contributed by atoms with E-state index in [9.17, 15) is 9.90 Å². The van der Waals surface area contributed by atoms with Crippen molar-refractivity contribution in [2.75, 3.05) is 7.11 Å². The van der Waals surface area contributed by atoms with Gasteiger partial charge in [-0.3, -0.25) is 0 Å². The maximum atomic E-state index is 11.8. The summed E-state index contributed by atoms with van der Waals surface area (Å²) >= 11 is 0. The first kappa shape index (κ1) is 14.2. The lowest BCUT2D eigenvalue weighted by Gasteiger charge is -2.14. The number of carbonyl (C=O) groups excluding carboxylic acids is 1. The highest BCUT2D eigenvalue weighted by Gasteiger charge is 2.18. The normalized spacial score (nSPS) is 12.0. The smallest absolute Gasteiger partial charge is 0.356 e. The van der Waals surface area contributed by atoms with E-state index >= 15 is 0 Å². The lowest BCUT2D eigenvalue weighted by Crippen LogP contribution is -2.11. The Morgan fingerprint density at radius 3 is 2.50 bits per heavy atom. The topological polar surface area (TPSA) is 59.4 Å². The molecule has 1 atom stereocenters. The van der Waals surface area contributed by atoms with Gasteiger partial charge in [0.15, 0.2) is 5.69 Å². The number of nitrogens with zero attached hydrogens (tertiary/aromatic N) is 1. The number of benzene rings is 1. The molecule has 1 aromatic carbocycles. The summed E-state index contributed by atoms with van der Waals surface area (Å²) in [7, 11) is 1.32. The number of methoxy groups -OCH3 is 1. The van der Waals surface area contributed by atoms with E-state index in [1.54, 1.807) is 6.92 Å². The zero-order valence-electron chi connectivity index (χ0n) is 11.8. The fourth-order valence-corrected chi connectivity index (χ4v) is 2.06. The number of pyridine rings is 1. The quantitative estimate of drug-likeness (QED) is 0.872. The second-order valence-corrected chi connectivity index (χ2v) is 4.60. The molecule has 1 aromatic heterocycles. The molecule has 0 spiro atoms. The molecule has 4 nitrogen and oxygen atoms in total. The number of hydrogen-bond donors (Lipinski definition) is 1. The van der Waals surface area contributed by atoms with Gasteiger partial charge >= 0.3 is 5.97 Å². The van der Waals surface area contributed by atoms with Gasteiger partial charge in [0.25, 0.3) is 0 Å². The van der Waals surface area contributed by atoms with Crippen molar-refractivity contribution >= 4 is 5.97 Å². The zero-order valence-corrected chi connectivity index (χ0v) is 11.8. The summed E-state index contributed by atoms with van der Waals surface area (Å²) in [6.07, 6.45) is -0.749. The lowest BCUT2D eigenvalue weighted by molar-refractivity contribution is 0.0592. The molecular formula is C16H17NO3. The molecule has 0 bridgehead atoms. The number of ether oxygens (including phenoxy) is 1. The SMILES string of the molecule is COC(=O)c1nc([C@H](C)O)cc(-c2ccccc2)c1C. The van der Waals surface area contributed by atoms with Crippen LogP contribution in [0.5, 0.6) is 0 Å². The van der Waals surface area contributed by atoms with E-state index in [1.165, 1.54) is 7.11 Å². The molecule has 4 heteroatoms. The highest BCUT2D eigenvalue weighted by Crippen LogP contribution is 2.28. The minimum absolute atomic E-state index is 0.241. The Morgan fingerprint density at radius 1 is 1.30 bits per heavy atom. The van der Waals surface area contributed by atoms with Crippen molar-refractivity contribution in [1.82, 2.24) is 4.98 Å². The molecule has 0 amide bonds. The molecule has 1 heterocycles. The number of aliphatic hydroxyl groups excluding tert-OH is 1. The predicted octanol–water partition coefficient (Wildman–Crippen LogP) is 2.90. The van der Waals surface area contributed by atoms with Crippen molar-refractivity contribution in [2.45, 2.75) is 20.0 Å². The highest BCUT2D eigenvalue weighted by molar-refractivity contribution is 5.91. The van der Waals surface area contributed by atoms with Gasteiger partial charge in [-0.1, -0.05) is 30.3 Å². The minimum atomic E-state index is -0.749. The van der Waals surface area contributed by atoms with Crippen molar-refractivity contribution in [3.8, 4) is 11.1 Å². The Balaban J connectivity index is 2.67. The van der Waals surface area contributed by atoms with Crippen LogP contribution in [0.1, 0.15) is 34.8 Å². The number of esters is 1. The van der Waals surface area contributed by atoms with Crippen LogP contribution in [0.3, 0.4) is 0 Å².